The van der Waals surface area contributed by atoms with Gasteiger partial charge in [0.05, 0.1) is 19.8 Å². The highest BCUT2D eigenvalue weighted by Crippen LogP contribution is 2.39. The average Bonchev–Trinajstić information content (AvgIpc) is 3.10. The minimum Gasteiger partial charge on any atom is -0.412 e. The Morgan fingerprint density at radius 3 is 1.49 bits per heavy atom. The summed E-state index contributed by atoms with van der Waals surface area (Å²) in [5, 5.41) is 109. The Morgan fingerprint density at radius 1 is 0.571 bits per heavy atom. The molecule has 0 amide bonds. The van der Waals surface area contributed by atoms with E-state index in [1.807, 2.05) is 0 Å². The Morgan fingerprint density at radius 2 is 1.03 bits per heavy atom. The van der Waals surface area contributed by atoms with Gasteiger partial charge in [-0.05, 0) is 0 Å². The van der Waals surface area contributed by atoms with Crippen LogP contribution in [0.25, 0.3) is 0 Å². The van der Waals surface area contributed by atoms with Crippen LogP contribution < -0.4 is 0 Å². The zero-order valence-electron chi connectivity index (χ0n) is 18.3. The second-order valence-electron chi connectivity index (χ2n) is 8.37. The maximum atomic E-state index is 10.6. The van der Waals surface area contributed by atoms with E-state index in [-0.39, 0.29) is 5.48 Å². The van der Waals surface area contributed by atoms with Crippen molar-refractivity contribution in [3.05, 3.63) is 0 Å². The minimum atomic E-state index is -2.43. The molecule has 0 aliphatic carbocycles. The molecule has 17 nitrogen and oxygen atoms in total. The summed E-state index contributed by atoms with van der Waals surface area (Å²) < 4.78 is 27.0. The van der Waals surface area contributed by atoms with Crippen LogP contribution in [0.5, 0.6) is 0 Å². The lowest BCUT2D eigenvalue weighted by atomic mass is 9.98. The summed E-state index contributed by atoms with van der Waals surface area (Å²) in [4.78, 5) is 0. The standard InChI is InChI=1S/C18H32O16.H2O/c19-1-5-8(23)11(26)13(28)16(30-5)32-15-10(25)7(3-21)33-18(15,4-22)34-17-14(29)12(27)9(24)6(2-20)31-17;/h5-17,19-29H,1-4H2;1H2/t5?,6?,7?,8?,9?,10?,11?,12?,13?,14?,15?,16?,17?,18-;/m0./s1. The number of ether oxygens (including phenoxy) is 5. The zero-order chi connectivity index (χ0) is 25.4. The van der Waals surface area contributed by atoms with Gasteiger partial charge in [-0.25, -0.2) is 0 Å². The number of hydrogen-bond donors (Lipinski definition) is 11. The third-order valence-corrected chi connectivity index (χ3v) is 6.17. The molecule has 0 radical (unpaired) electrons. The monoisotopic (exact) mass is 522 g/mol. The predicted octanol–water partition coefficient (Wildman–Crippen LogP) is -8.40. The zero-order valence-corrected chi connectivity index (χ0v) is 18.3. The SMILES string of the molecule is O.OCC1OC(OC2C(O)C(CO)O[C@@]2(CO)OC2OC(CO)C(O)C(O)C2O)C(O)C(O)C1O. The Bertz CT molecular complexity index is 653. The summed E-state index contributed by atoms with van der Waals surface area (Å²) in [5.74, 6) is -2.43. The summed E-state index contributed by atoms with van der Waals surface area (Å²) in [6.07, 6.45) is -22.3. The van der Waals surface area contributed by atoms with Crippen molar-refractivity contribution in [2.24, 2.45) is 0 Å². The molecule has 3 saturated heterocycles. The first-order valence-electron chi connectivity index (χ1n) is 10.6. The molecular formula is C18H34O17. The van der Waals surface area contributed by atoms with Crippen LogP contribution in [0.1, 0.15) is 0 Å². The van der Waals surface area contributed by atoms with Gasteiger partial charge in [0.2, 0.25) is 5.79 Å². The lowest BCUT2D eigenvalue weighted by Gasteiger charge is -2.45. The maximum absolute atomic E-state index is 10.6. The highest BCUT2D eigenvalue weighted by molar-refractivity contribution is 5.01. The summed E-state index contributed by atoms with van der Waals surface area (Å²) in [6.45, 7) is -3.49. The quantitative estimate of drug-likeness (QED) is 0.141. The Labute approximate surface area is 198 Å². The summed E-state index contributed by atoms with van der Waals surface area (Å²) in [5.41, 5.74) is 0. The van der Waals surface area contributed by atoms with Gasteiger partial charge in [0.15, 0.2) is 12.6 Å². The molecular weight excluding hydrogens is 488 g/mol. The smallest absolute Gasteiger partial charge is 0.224 e. The summed E-state index contributed by atoms with van der Waals surface area (Å²) in [6, 6.07) is 0. The average molecular weight is 522 g/mol. The van der Waals surface area contributed by atoms with Crippen LogP contribution >= 0.6 is 0 Å². The van der Waals surface area contributed by atoms with Crippen LogP contribution in [0.4, 0.5) is 0 Å². The minimum absolute atomic E-state index is 0. The maximum Gasteiger partial charge on any atom is 0.224 e. The van der Waals surface area contributed by atoms with E-state index in [0.717, 1.165) is 0 Å². The van der Waals surface area contributed by atoms with E-state index in [2.05, 4.69) is 0 Å². The Kier molecular flexibility index (Phi) is 10.7. The van der Waals surface area contributed by atoms with Crippen LogP contribution in [-0.4, -0.2) is 174 Å². The predicted molar refractivity (Wildman–Crippen MR) is 105 cm³/mol. The van der Waals surface area contributed by atoms with Crippen molar-refractivity contribution < 1.29 is 85.3 Å². The van der Waals surface area contributed by atoms with Crippen LogP contribution in [0.3, 0.4) is 0 Å². The molecule has 0 aromatic carbocycles. The molecule has 35 heavy (non-hydrogen) atoms. The fourth-order valence-corrected chi connectivity index (χ4v) is 4.12. The number of aliphatic hydroxyl groups excluding tert-OH is 11. The normalized spacial score (nSPS) is 50.7. The first-order valence-corrected chi connectivity index (χ1v) is 10.6. The van der Waals surface area contributed by atoms with E-state index in [9.17, 15) is 56.2 Å². The van der Waals surface area contributed by atoms with E-state index in [0.29, 0.717) is 0 Å². The van der Waals surface area contributed by atoms with Crippen LogP contribution in [-0.2, 0) is 23.7 Å². The fraction of sp³-hybridized carbons (Fsp3) is 1.00. The fourth-order valence-electron chi connectivity index (χ4n) is 4.12. The van der Waals surface area contributed by atoms with Gasteiger partial charge in [-0.1, -0.05) is 0 Å². The highest BCUT2D eigenvalue weighted by atomic mass is 16.8. The largest absolute Gasteiger partial charge is 0.412 e. The molecule has 0 saturated carbocycles. The van der Waals surface area contributed by atoms with Crippen molar-refractivity contribution in [1.29, 1.82) is 0 Å². The number of aliphatic hydroxyl groups is 11. The topological polar surface area (TPSA) is 300 Å². The lowest BCUT2D eigenvalue weighted by molar-refractivity contribution is -0.400. The second kappa shape index (κ2) is 12.2. The summed E-state index contributed by atoms with van der Waals surface area (Å²) >= 11 is 0. The molecule has 14 atom stereocenters. The van der Waals surface area contributed by atoms with Gasteiger partial charge in [-0.2, -0.15) is 0 Å². The molecule has 0 aromatic rings. The molecule has 0 spiro atoms. The van der Waals surface area contributed by atoms with Crippen molar-refractivity contribution >= 4 is 0 Å². The first kappa shape index (κ1) is 30.5. The van der Waals surface area contributed by atoms with E-state index in [1.165, 1.54) is 0 Å². The molecule has 13 unspecified atom stereocenters. The molecule has 0 bridgehead atoms. The van der Waals surface area contributed by atoms with Gasteiger partial charge in [-0.3, -0.25) is 0 Å². The first-order chi connectivity index (χ1) is 16.0. The summed E-state index contributed by atoms with van der Waals surface area (Å²) in [7, 11) is 0. The second-order valence-corrected chi connectivity index (χ2v) is 8.37. The number of hydrogen-bond acceptors (Lipinski definition) is 16. The van der Waals surface area contributed by atoms with E-state index in [1.54, 1.807) is 0 Å². The van der Waals surface area contributed by atoms with E-state index in [4.69, 9.17) is 23.7 Å². The molecule has 3 fully saturated rings. The number of rotatable bonds is 8. The molecule has 208 valence electrons. The van der Waals surface area contributed by atoms with Crippen molar-refractivity contribution in [2.45, 2.75) is 85.5 Å². The van der Waals surface area contributed by atoms with Crippen LogP contribution in [0.2, 0.25) is 0 Å². The van der Waals surface area contributed by atoms with Crippen molar-refractivity contribution in [2.75, 3.05) is 26.4 Å². The molecule has 17 heteroatoms. The van der Waals surface area contributed by atoms with Gasteiger partial charge in [0.1, 0.15) is 73.8 Å². The highest BCUT2D eigenvalue weighted by Gasteiger charge is 2.61. The van der Waals surface area contributed by atoms with Crippen LogP contribution in [0.15, 0.2) is 0 Å². The van der Waals surface area contributed by atoms with Gasteiger partial charge in [-0.15, -0.1) is 0 Å². The third kappa shape index (κ3) is 5.61. The Hall–Kier alpha value is -0.680. The van der Waals surface area contributed by atoms with E-state index < -0.39 is 112 Å². The Balaban J connectivity index is 0.00000432. The van der Waals surface area contributed by atoms with Crippen molar-refractivity contribution in [3.8, 4) is 0 Å². The third-order valence-electron chi connectivity index (χ3n) is 6.17. The van der Waals surface area contributed by atoms with Crippen molar-refractivity contribution in [1.82, 2.24) is 0 Å². The lowest BCUT2D eigenvalue weighted by Crippen LogP contribution is -2.64. The molecule has 3 aliphatic heterocycles. The van der Waals surface area contributed by atoms with Gasteiger partial charge in [0, 0.05) is 0 Å². The van der Waals surface area contributed by atoms with Gasteiger partial charge >= 0.3 is 0 Å². The molecule has 13 N–H and O–H groups in total. The van der Waals surface area contributed by atoms with Gasteiger partial charge < -0.3 is 85.3 Å². The molecule has 3 heterocycles. The molecule has 3 rings (SSSR count). The van der Waals surface area contributed by atoms with Gasteiger partial charge in [0.25, 0.3) is 0 Å². The van der Waals surface area contributed by atoms with Crippen molar-refractivity contribution in [3.63, 3.8) is 0 Å². The van der Waals surface area contributed by atoms with Crippen LogP contribution in [0, 0.1) is 0 Å². The van der Waals surface area contributed by atoms with E-state index >= 15 is 0 Å². The molecule has 0 aromatic heterocycles. The molecule has 3 aliphatic rings.